The number of fused-ring (bicyclic) bond motifs is 1. The second kappa shape index (κ2) is 10.4. The van der Waals surface area contributed by atoms with Crippen LogP contribution in [0.3, 0.4) is 0 Å². The molecular formula is C23H25BrF2N4O3S2. The highest BCUT2D eigenvalue weighted by Gasteiger charge is 2.40. The molecule has 7 nitrogen and oxygen atoms in total. The summed E-state index contributed by atoms with van der Waals surface area (Å²) >= 11 is 6.20. The Morgan fingerprint density at radius 2 is 2.00 bits per heavy atom. The third-order valence-electron chi connectivity index (χ3n) is 5.61. The van der Waals surface area contributed by atoms with Crippen LogP contribution in [0, 0.1) is 11.6 Å². The number of ether oxygens (including phenoxy) is 1. The second-order valence-corrected chi connectivity index (χ2v) is 12.0. The molecular weight excluding hydrogens is 562 g/mol. The summed E-state index contributed by atoms with van der Waals surface area (Å²) in [5.41, 5.74) is 5.20. The van der Waals surface area contributed by atoms with E-state index >= 15 is 0 Å². The van der Waals surface area contributed by atoms with Gasteiger partial charge in [-0.1, -0.05) is 11.8 Å². The Morgan fingerprint density at radius 3 is 2.69 bits per heavy atom. The average molecular weight is 588 g/mol. The first-order valence-corrected chi connectivity index (χ1v) is 13.7. The predicted molar refractivity (Wildman–Crippen MR) is 139 cm³/mol. The van der Waals surface area contributed by atoms with Crippen molar-refractivity contribution in [3.63, 3.8) is 0 Å². The maximum atomic E-state index is 13.6. The van der Waals surface area contributed by atoms with Gasteiger partial charge in [-0.25, -0.2) is 8.78 Å². The number of benzene rings is 1. The average Bonchev–Trinajstić information content (AvgIpc) is 3.36. The summed E-state index contributed by atoms with van der Waals surface area (Å²) in [4.78, 5) is 28.1. The van der Waals surface area contributed by atoms with E-state index < -0.39 is 16.4 Å². The van der Waals surface area contributed by atoms with Gasteiger partial charge in [0.25, 0.3) is 5.91 Å². The van der Waals surface area contributed by atoms with Gasteiger partial charge >= 0.3 is 5.97 Å². The number of amidine groups is 1. The number of hydrazone groups is 1. The summed E-state index contributed by atoms with van der Waals surface area (Å²) in [7, 11) is 0. The van der Waals surface area contributed by atoms with Crippen LogP contribution in [0.15, 0.2) is 23.3 Å². The number of rotatable bonds is 6. The molecule has 1 aliphatic heterocycles. The molecule has 1 aromatic carbocycles. The first kappa shape index (κ1) is 25.9. The van der Waals surface area contributed by atoms with Gasteiger partial charge in [0.15, 0.2) is 21.9 Å². The van der Waals surface area contributed by atoms with Gasteiger partial charge in [-0.15, -0.1) is 11.3 Å². The fraction of sp³-hybridized carbons (Fsp3) is 0.435. The zero-order chi connectivity index (χ0) is 25.3. The van der Waals surface area contributed by atoms with Crippen LogP contribution in [0.5, 0.6) is 0 Å². The van der Waals surface area contributed by atoms with Crippen molar-refractivity contribution in [1.82, 2.24) is 5.43 Å². The lowest BCUT2D eigenvalue weighted by Crippen LogP contribution is -2.39. The highest BCUT2D eigenvalue weighted by atomic mass is 79.9. The summed E-state index contributed by atoms with van der Waals surface area (Å²) in [6, 6.07) is 3.28. The molecule has 1 atom stereocenters. The highest BCUT2D eigenvalue weighted by Crippen LogP contribution is 2.45. The van der Waals surface area contributed by atoms with Crippen LogP contribution in [0.4, 0.5) is 19.5 Å². The number of thioether (sulfide) groups is 1. The van der Waals surface area contributed by atoms with E-state index in [1.54, 1.807) is 20.8 Å². The van der Waals surface area contributed by atoms with E-state index in [1.165, 1.54) is 29.2 Å². The van der Waals surface area contributed by atoms with Gasteiger partial charge in [0.05, 0.1) is 11.5 Å². The number of hydrogen-bond donors (Lipinski definition) is 2. The summed E-state index contributed by atoms with van der Waals surface area (Å²) in [6.07, 6.45) is 3.49. The fourth-order valence-corrected chi connectivity index (χ4v) is 7.05. The fourth-order valence-electron chi connectivity index (χ4n) is 3.91. The standard InChI is InChI=1S/C23H25BrF2N4O3S2/c1-4-33-20(32)23(2,3)35-22-29-28-21(24)30(22)19-14-8-6-5-7-13(14)17(34-19)18(31)27-12-9-10-15(25)16(26)11-12/h9-11,21,28H,4-8H2,1-3H3,(H,27,31). The molecule has 2 heterocycles. The van der Waals surface area contributed by atoms with E-state index in [-0.39, 0.29) is 29.2 Å². The molecule has 1 unspecified atom stereocenters. The number of esters is 1. The van der Waals surface area contributed by atoms with Crippen molar-refractivity contribution in [3.8, 4) is 0 Å². The number of carbonyl (C=O) groups is 2. The van der Waals surface area contributed by atoms with Crippen LogP contribution in [0.25, 0.3) is 0 Å². The SMILES string of the molecule is CCOC(=O)C(C)(C)SC1=NNC(Br)N1c1sc(C(=O)Nc2ccc(F)c(F)c2)c2c1CCCC2. The summed E-state index contributed by atoms with van der Waals surface area (Å²) in [5.74, 6) is -2.71. The Hall–Kier alpha value is -2.18. The molecule has 0 fully saturated rings. The van der Waals surface area contributed by atoms with E-state index in [4.69, 9.17) is 4.74 Å². The molecule has 0 saturated carbocycles. The summed E-state index contributed by atoms with van der Waals surface area (Å²) in [6.45, 7) is 5.61. The van der Waals surface area contributed by atoms with Gasteiger partial charge in [0.1, 0.15) is 9.75 Å². The van der Waals surface area contributed by atoms with Crippen molar-refractivity contribution in [2.45, 2.75) is 56.3 Å². The molecule has 35 heavy (non-hydrogen) atoms. The Balaban J connectivity index is 1.65. The number of nitrogens with zero attached hydrogens (tertiary/aromatic N) is 2. The smallest absolute Gasteiger partial charge is 0.322 e. The van der Waals surface area contributed by atoms with E-state index in [1.807, 2.05) is 4.90 Å². The molecule has 1 aliphatic carbocycles. The number of alkyl halides is 1. The maximum absolute atomic E-state index is 13.6. The topological polar surface area (TPSA) is 83.0 Å². The number of hydrogen-bond acceptors (Lipinski definition) is 8. The molecule has 188 valence electrons. The van der Waals surface area contributed by atoms with Crippen LogP contribution in [-0.2, 0) is 22.4 Å². The summed E-state index contributed by atoms with van der Waals surface area (Å²) < 4.78 is 31.3. The van der Waals surface area contributed by atoms with E-state index in [2.05, 4.69) is 31.8 Å². The number of anilines is 2. The third kappa shape index (κ3) is 5.34. The molecule has 0 saturated heterocycles. The van der Waals surface area contributed by atoms with Crippen LogP contribution >= 0.6 is 39.0 Å². The van der Waals surface area contributed by atoms with Crippen LogP contribution < -0.4 is 15.6 Å². The van der Waals surface area contributed by atoms with Crippen LogP contribution in [0.1, 0.15) is 54.4 Å². The van der Waals surface area contributed by atoms with Gasteiger partial charge in [0.2, 0.25) is 0 Å². The zero-order valence-corrected chi connectivity index (χ0v) is 22.6. The molecule has 12 heteroatoms. The van der Waals surface area contributed by atoms with Crippen molar-refractivity contribution in [2.24, 2.45) is 5.10 Å². The first-order valence-electron chi connectivity index (χ1n) is 11.2. The molecule has 2 aromatic rings. The van der Waals surface area contributed by atoms with Gasteiger partial charge in [-0.2, -0.15) is 5.10 Å². The molecule has 2 aliphatic rings. The lowest BCUT2D eigenvalue weighted by atomic mass is 9.93. The molecule has 1 aromatic heterocycles. The highest BCUT2D eigenvalue weighted by molar-refractivity contribution is 9.09. The van der Waals surface area contributed by atoms with E-state index in [9.17, 15) is 18.4 Å². The summed E-state index contributed by atoms with van der Waals surface area (Å²) in [5, 5.41) is 8.18. The van der Waals surface area contributed by atoms with Gasteiger partial charge < -0.3 is 10.1 Å². The van der Waals surface area contributed by atoms with E-state index in [0.29, 0.717) is 10.0 Å². The Kier molecular flexibility index (Phi) is 7.72. The zero-order valence-electron chi connectivity index (χ0n) is 19.4. The number of thiophene rings is 1. The van der Waals surface area contributed by atoms with Crippen molar-refractivity contribution in [2.75, 3.05) is 16.8 Å². The molecule has 1 amide bonds. The van der Waals surface area contributed by atoms with E-state index in [0.717, 1.165) is 53.9 Å². The Morgan fingerprint density at radius 1 is 1.29 bits per heavy atom. The lowest BCUT2D eigenvalue weighted by molar-refractivity contribution is -0.145. The minimum absolute atomic E-state index is 0.184. The lowest BCUT2D eigenvalue weighted by Gasteiger charge is -2.28. The molecule has 0 bridgehead atoms. The monoisotopic (exact) mass is 586 g/mol. The molecule has 0 spiro atoms. The quantitative estimate of drug-likeness (QED) is 0.261. The van der Waals surface area contributed by atoms with Gasteiger partial charge in [-0.3, -0.25) is 19.9 Å². The predicted octanol–water partition coefficient (Wildman–Crippen LogP) is 5.59. The normalized spacial score (nSPS) is 17.5. The van der Waals surface area contributed by atoms with Crippen molar-refractivity contribution >= 4 is 66.8 Å². The van der Waals surface area contributed by atoms with Crippen molar-refractivity contribution < 1.29 is 23.1 Å². The number of nitrogens with one attached hydrogen (secondary N) is 2. The van der Waals surface area contributed by atoms with Crippen LogP contribution in [-0.4, -0.2) is 33.5 Å². The molecule has 2 N–H and O–H groups in total. The first-order chi connectivity index (χ1) is 16.6. The third-order valence-corrected chi connectivity index (χ3v) is 8.65. The van der Waals surface area contributed by atoms with Gasteiger partial charge in [0, 0.05) is 11.8 Å². The van der Waals surface area contributed by atoms with Crippen molar-refractivity contribution in [1.29, 1.82) is 0 Å². The largest absolute Gasteiger partial charge is 0.465 e. The molecule has 0 radical (unpaired) electrons. The number of carbonyl (C=O) groups excluding carboxylic acids is 2. The van der Waals surface area contributed by atoms with Gasteiger partial charge in [-0.05, 0) is 85.6 Å². The Bertz CT molecular complexity index is 1190. The minimum Gasteiger partial charge on any atom is -0.465 e. The Labute approximate surface area is 218 Å². The number of halogens is 3. The maximum Gasteiger partial charge on any atom is 0.322 e. The van der Waals surface area contributed by atoms with Crippen LogP contribution in [0.2, 0.25) is 0 Å². The minimum atomic E-state index is -1.02. The number of amides is 1. The second-order valence-electron chi connectivity index (χ2n) is 8.55. The van der Waals surface area contributed by atoms with Crippen molar-refractivity contribution in [3.05, 3.63) is 45.8 Å². The molecule has 4 rings (SSSR count).